The van der Waals surface area contributed by atoms with Crippen molar-refractivity contribution >= 4 is 58.6 Å². The number of amides is 1. The van der Waals surface area contributed by atoms with Gasteiger partial charge in [-0.1, -0.05) is 71.2 Å². The first-order valence-electron chi connectivity index (χ1n) is 13.3. The number of nitrogens with zero attached hydrogens (tertiary/aromatic N) is 1. The lowest BCUT2D eigenvalue weighted by Gasteiger charge is -2.30. The Bertz CT molecular complexity index is 1550. The van der Waals surface area contributed by atoms with Gasteiger partial charge in [0, 0.05) is 11.3 Å². The van der Waals surface area contributed by atoms with Crippen LogP contribution in [-0.2, 0) is 20.9 Å². The molecule has 3 N–H and O–H groups in total. The maximum absolute atomic E-state index is 12.7. The first kappa shape index (κ1) is 31.8. The summed E-state index contributed by atoms with van der Waals surface area (Å²) < 4.78 is 16.9. The minimum atomic E-state index is -0.636. The number of ether oxygens (including phenoxy) is 3. The Kier molecular flexibility index (Phi) is 11.0. The lowest BCUT2D eigenvalue weighted by molar-refractivity contribution is -0.139. The topological polar surface area (TPSA) is 110 Å². The predicted molar refractivity (Wildman–Crippen MR) is 171 cm³/mol. The van der Waals surface area contributed by atoms with Crippen molar-refractivity contribution in [2.75, 3.05) is 13.2 Å². The average Bonchev–Trinajstić information content (AvgIpc) is 2.96. The molecule has 0 radical (unpaired) electrons. The molecule has 43 heavy (non-hydrogen) atoms. The zero-order valence-corrected chi connectivity index (χ0v) is 26.0. The molecular formula is C31H30Cl2N4O5S. The number of hydrogen-bond donors (Lipinski definition) is 3. The van der Waals surface area contributed by atoms with Gasteiger partial charge in [0.2, 0.25) is 0 Å². The minimum Gasteiger partial charge on any atom is -0.486 e. The third-order valence-corrected chi connectivity index (χ3v) is 7.06. The highest BCUT2D eigenvalue weighted by molar-refractivity contribution is 7.80. The minimum absolute atomic E-state index is 0.218. The van der Waals surface area contributed by atoms with Gasteiger partial charge in [-0.05, 0) is 62.3 Å². The van der Waals surface area contributed by atoms with Crippen LogP contribution in [0.1, 0.15) is 42.1 Å². The highest BCUT2D eigenvalue weighted by Crippen LogP contribution is 2.35. The fourth-order valence-corrected chi connectivity index (χ4v) is 5.13. The third-order valence-electron chi connectivity index (χ3n) is 6.28. The summed E-state index contributed by atoms with van der Waals surface area (Å²) in [4.78, 5) is 25.3. The van der Waals surface area contributed by atoms with Gasteiger partial charge in [0.05, 0.1) is 34.5 Å². The molecule has 1 aliphatic heterocycles. The lowest BCUT2D eigenvalue weighted by atomic mass is 9.95. The second kappa shape index (κ2) is 14.9. The van der Waals surface area contributed by atoms with Crippen molar-refractivity contribution in [1.29, 1.82) is 0 Å². The molecule has 0 fully saturated rings. The van der Waals surface area contributed by atoms with Crippen LogP contribution in [0, 0.1) is 6.92 Å². The van der Waals surface area contributed by atoms with Gasteiger partial charge in [0.25, 0.3) is 5.91 Å². The Morgan fingerprint density at radius 1 is 1.05 bits per heavy atom. The van der Waals surface area contributed by atoms with E-state index in [9.17, 15) is 9.59 Å². The van der Waals surface area contributed by atoms with Crippen LogP contribution in [0.25, 0.3) is 0 Å². The van der Waals surface area contributed by atoms with Crippen LogP contribution in [0.15, 0.2) is 77.0 Å². The van der Waals surface area contributed by atoms with Crippen LogP contribution >= 0.6 is 35.4 Å². The Morgan fingerprint density at radius 2 is 1.74 bits per heavy atom. The Labute approximate surface area is 265 Å². The van der Waals surface area contributed by atoms with Crippen molar-refractivity contribution in [3.05, 3.63) is 104 Å². The summed E-state index contributed by atoms with van der Waals surface area (Å²) in [5, 5.41) is 11.0. The number of carbonyl (C=O) groups excluding carboxylic acids is 2. The third kappa shape index (κ3) is 8.47. The van der Waals surface area contributed by atoms with E-state index in [2.05, 4.69) is 21.2 Å². The van der Waals surface area contributed by atoms with Gasteiger partial charge in [-0.25, -0.2) is 10.2 Å². The van der Waals surface area contributed by atoms with E-state index in [0.717, 1.165) is 11.1 Å². The molecule has 0 saturated carbocycles. The van der Waals surface area contributed by atoms with Crippen molar-refractivity contribution < 1.29 is 23.8 Å². The van der Waals surface area contributed by atoms with E-state index in [1.807, 2.05) is 31.2 Å². The standard InChI is InChI=1S/C31H30Cl2N4O5S/c1-4-40-30(39)27-19(3)35-31(43)36-28(27)22-7-5-6-8-25(22)41-17-26(38)37-34-15-21-13-23(32)29(24(33)14-21)42-16-20-11-9-18(2)10-12-20/h5-15,28H,4,16-17H2,1-3H3,(H,37,38)(H2,35,36,43)/t28-/m1/s1. The van der Waals surface area contributed by atoms with Crippen molar-refractivity contribution in [3.63, 3.8) is 0 Å². The molecule has 0 spiro atoms. The second-order valence-electron chi connectivity index (χ2n) is 9.50. The molecule has 12 heteroatoms. The molecule has 1 heterocycles. The van der Waals surface area contributed by atoms with Crippen molar-refractivity contribution in [1.82, 2.24) is 16.1 Å². The van der Waals surface area contributed by atoms with Crippen LogP contribution in [-0.4, -0.2) is 36.4 Å². The SMILES string of the molecule is CCOC(=O)C1=C(C)NC(=S)N[C@@H]1c1ccccc1OCC(=O)NN=Cc1cc(Cl)c(OCc2ccc(C)cc2)c(Cl)c1. The number of halogens is 2. The van der Waals surface area contributed by atoms with E-state index in [4.69, 9.17) is 49.6 Å². The van der Waals surface area contributed by atoms with Gasteiger partial charge in [-0.15, -0.1) is 0 Å². The van der Waals surface area contributed by atoms with Gasteiger partial charge < -0.3 is 24.8 Å². The molecule has 0 aromatic heterocycles. The molecular weight excluding hydrogens is 611 g/mol. The summed E-state index contributed by atoms with van der Waals surface area (Å²) >= 11 is 18.1. The molecule has 1 atom stereocenters. The predicted octanol–water partition coefficient (Wildman–Crippen LogP) is 5.77. The summed E-state index contributed by atoms with van der Waals surface area (Å²) in [6, 6.07) is 17.6. The first-order chi connectivity index (χ1) is 20.7. The molecule has 9 nitrogen and oxygen atoms in total. The van der Waals surface area contributed by atoms with Crippen LogP contribution in [0.2, 0.25) is 10.0 Å². The summed E-state index contributed by atoms with van der Waals surface area (Å²) in [7, 11) is 0. The number of hydrogen-bond acceptors (Lipinski definition) is 7. The normalized spacial score (nSPS) is 14.6. The maximum Gasteiger partial charge on any atom is 0.338 e. The Balaban J connectivity index is 1.37. The Morgan fingerprint density at radius 3 is 2.44 bits per heavy atom. The number of para-hydroxylation sites is 1. The van der Waals surface area contributed by atoms with Crippen molar-refractivity contribution in [2.45, 2.75) is 33.4 Å². The molecule has 0 aliphatic carbocycles. The second-order valence-corrected chi connectivity index (χ2v) is 10.7. The number of aryl methyl sites for hydroxylation is 1. The van der Waals surface area contributed by atoms with Crippen LogP contribution in [0.4, 0.5) is 0 Å². The lowest BCUT2D eigenvalue weighted by Crippen LogP contribution is -2.45. The molecule has 1 aliphatic rings. The fraction of sp³-hybridized carbons (Fsp3) is 0.226. The highest BCUT2D eigenvalue weighted by Gasteiger charge is 2.32. The van der Waals surface area contributed by atoms with Gasteiger partial charge in [0.15, 0.2) is 17.5 Å². The first-order valence-corrected chi connectivity index (χ1v) is 14.5. The summed E-state index contributed by atoms with van der Waals surface area (Å²) in [6.07, 6.45) is 1.41. The van der Waals surface area contributed by atoms with E-state index >= 15 is 0 Å². The van der Waals surface area contributed by atoms with Crippen LogP contribution in [0.3, 0.4) is 0 Å². The van der Waals surface area contributed by atoms with Gasteiger partial charge in [0.1, 0.15) is 12.4 Å². The quantitative estimate of drug-likeness (QED) is 0.105. The van der Waals surface area contributed by atoms with E-state index in [1.165, 1.54) is 6.21 Å². The number of rotatable bonds is 11. The average molecular weight is 642 g/mol. The molecule has 3 aromatic rings. The molecule has 4 rings (SSSR count). The molecule has 0 bridgehead atoms. The largest absolute Gasteiger partial charge is 0.486 e. The fourth-order valence-electron chi connectivity index (χ4n) is 4.24. The number of benzene rings is 3. The van der Waals surface area contributed by atoms with E-state index < -0.39 is 17.9 Å². The molecule has 3 aromatic carbocycles. The molecule has 1 amide bonds. The highest BCUT2D eigenvalue weighted by atomic mass is 35.5. The van der Waals surface area contributed by atoms with E-state index in [1.54, 1.807) is 50.2 Å². The smallest absolute Gasteiger partial charge is 0.338 e. The van der Waals surface area contributed by atoms with Crippen LogP contribution in [0.5, 0.6) is 11.5 Å². The molecule has 0 unspecified atom stereocenters. The number of thiocarbonyl (C=S) groups is 1. The number of allylic oxidation sites excluding steroid dienone is 1. The zero-order chi connectivity index (χ0) is 30.9. The van der Waals surface area contributed by atoms with Gasteiger partial charge in [-0.2, -0.15) is 5.10 Å². The monoisotopic (exact) mass is 640 g/mol. The number of nitrogens with one attached hydrogen (secondary N) is 3. The van der Waals surface area contributed by atoms with E-state index in [0.29, 0.717) is 55.7 Å². The van der Waals surface area contributed by atoms with Crippen molar-refractivity contribution in [2.24, 2.45) is 5.10 Å². The van der Waals surface area contributed by atoms with Gasteiger partial charge in [-0.3, -0.25) is 4.79 Å². The van der Waals surface area contributed by atoms with Gasteiger partial charge >= 0.3 is 5.97 Å². The zero-order valence-electron chi connectivity index (χ0n) is 23.7. The summed E-state index contributed by atoms with van der Waals surface area (Å²) in [5.41, 5.74) is 6.67. The number of carbonyl (C=O) groups is 2. The molecule has 0 saturated heterocycles. The van der Waals surface area contributed by atoms with Crippen LogP contribution < -0.4 is 25.5 Å². The number of esters is 1. The van der Waals surface area contributed by atoms with E-state index in [-0.39, 0.29) is 13.2 Å². The summed E-state index contributed by atoms with van der Waals surface area (Å²) in [6.45, 7) is 5.68. The van der Waals surface area contributed by atoms with Crippen molar-refractivity contribution in [3.8, 4) is 11.5 Å². The maximum atomic E-state index is 12.7. The molecule has 224 valence electrons. The Hall–Kier alpha value is -4.12. The summed E-state index contributed by atoms with van der Waals surface area (Å²) in [5.74, 6) is -0.247. The number of hydrazone groups is 1.